The molecule has 0 atom stereocenters. The monoisotopic (exact) mass is 208 g/mol. The smallest absolute Gasteiger partial charge is 0.236 e. The molecule has 0 N–H and O–H groups in total. The molecule has 1 rings (SSSR count). The Kier molecular flexibility index (Phi) is 2.38. The zero-order chi connectivity index (χ0) is 10.1. The molecule has 0 radical (unpaired) electrons. The van der Waals surface area contributed by atoms with Crippen molar-refractivity contribution in [3.8, 4) is 0 Å². The molecule has 0 spiro atoms. The van der Waals surface area contributed by atoms with Crippen molar-refractivity contribution >= 4 is 17.3 Å². The van der Waals surface area contributed by atoms with E-state index >= 15 is 0 Å². The zero-order valence-electron chi connectivity index (χ0n) is 6.01. The third kappa shape index (κ3) is 2.06. The lowest BCUT2D eigenvalue weighted by Gasteiger charge is -2.03. The van der Waals surface area contributed by atoms with Crippen LogP contribution in [0.25, 0.3) is 4.98 Å². The number of pyridine rings is 1. The van der Waals surface area contributed by atoms with Crippen molar-refractivity contribution in [2.75, 3.05) is 0 Å². The maximum atomic E-state index is 12.0. The van der Waals surface area contributed by atoms with Gasteiger partial charge in [0.25, 0.3) is 0 Å². The lowest BCUT2D eigenvalue weighted by molar-refractivity contribution is -0.137. The van der Waals surface area contributed by atoms with Crippen LogP contribution in [0.4, 0.5) is 18.9 Å². The Balaban J connectivity index is 3.24. The predicted molar refractivity (Wildman–Crippen MR) is 39.0 cm³/mol. The van der Waals surface area contributed by atoms with Crippen molar-refractivity contribution in [2.45, 2.75) is 6.18 Å². The highest BCUT2D eigenvalue weighted by atomic mass is 35.5. The van der Waals surface area contributed by atoms with Crippen molar-refractivity contribution in [1.29, 1.82) is 5.39 Å². The summed E-state index contributed by atoms with van der Waals surface area (Å²) >= 11 is 5.31. The second-order valence-electron chi connectivity index (χ2n) is 2.13. The molecule has 0 saturated heterocycles. The predicted octanol–water partition coefficient (Wildman–Crippen LogP) is 3.24. The third-order valence-corrected chi connectivity index (χ3v) is 1.55. The zero-order valence-corrected chi connectivity index (χ0v) is 6.76. The summed E-state index contributed by atoms with van der Waals surface area (Å²) in [7, 11) is 0. The molecule has 1 heterocycles. The molecule has 13 heavy (non-hydrogen) atoms. The van der Waals surface area contributed by atoms with Gasteiger partial charge in [-0.15, -0.1) is 0 Å². The molecule has 0 aromatic carbocycles. The first-order valence-electron chi connectivity index (χ1n) is 3.03. The summed E-state index contributed by atoms with van der Waals surface area (Å²) in [5.41, 5.74) is -1.42. The highest BCUT2D eigenvalue weighted by Gasteiger charge is 2.33. The molecule has 1 aromatic rings. The van der Waals surface area contributed by atoms with Gasteiger partial charge in [-0.1, -0.05) is 11.6 Å². The highest BCUT2D eigenvalue weighted by Crippen LogP contribution is 2.33. The topological polar surface area (TPSA) is 41.0 Å². The van der Waals surface area contributed by atoms with E-state index < -0.39 is 17.4 Å². The normalized spacial score (nSPS) is 11.0. The van der Waals surface area contributed by atoms with Gasteiger partial charge in [-0.05, 0) is 0 Å². The van der Waals surface area contributed by atoms with Gasteiger partial charge < -0.3 is 0 Å². The first kappa shape index (κ1) is 9.74. The standard InChI is InChI=1S/C6H2ClF3N3/c7-5-4(13-11)1-3(2-12-5)6(8,9)10/h1-2H/q+1. The fraction of sp³-hybridized carbons (Fsp3) is 0.167. The average molecular weight is 209 g/mol. The van der Waals surface area contributed by atoms with Crippen LogP contribution in [-0.2, 0) is 6.18 Å². The SMILES string of the molecule is N#[N+]c1cc(C(F)(F)F)cnc1Cl. The van der Waals surface area contributed by atoms with Gasteiger partial charge in [0.05, 0.1) is 11.6 Å². The average Bonchev–Trinajstić information content (AvgIpc) is 2.03. The minimum absolute atomic E-state index is 0.282. The Hall–Kier alpha value is -1.35. The van der Waals surface area contributed by atoms with Gasteiger partial charge in [0.15, 0.2) is 4.98 Å². The van der Waals surface area contributed by atoms with E-state index in [1.165, 1.54) is 0 Å². The second kappa shape index (κ2) is 3.18. The lowest BCUT2D eigenvalue weighted by Crippen LogP contribution is -2.04. The van der Waals surface area contributed by atoms with E-state index in [9.17, 15) is 13.2 Å². The molecule has 0 aliphatic heterocycles. The summed E-state index contributed by atoms with van der Waals surface area (Å²) < 4.78 is 36.1. The summed E-state index contributed by atoms with van der Waals surface area (Å²) in [5, 5.41) is 7.96. The molecule has 0 amide bonds. The van der Waals surface area contributed by atoms with E-state index in [1.54, 1.807) is 0 Å². The minimum Gasteiger partial charge on any atom is -0.236 e. The summed E-state index contributed by atoms with van der Waals surface area (Å²) in [6.07, 6.45) is -3.95. The molecule has 0 unspecified atom stereocenters. The third-order valence-electron chi connectivity index (χ3n) is 1.26. The molecule has 0 fully saturated rings. The molecule has 0 aliphatic carbocycles. The molecule has 0 saturated carbocycles. The van der Waals surface area contributed by atoms with Crippen molar-refractivity contribution < 1.29 is 13.2 Å². The largest absolute Gasteiger partial charge is 0.422 e. The fourth-order valence-electron chi connectivity index (χ4n) is 0.662. The van der Waals surface area contributed by atoms with E-state index in [0.29, 0.717) is 12.3 Å². The van der Waals surface area contributed by atoms with Gasteiger partial charge in [-0.2, -0.15) is 13.2 Å². The highest BCUT2D eigenvalue weighted by molar-refractivity contribution is 6.32. The van der Waals surface area contributed by atoms with Crippen LogP contribution >= 0.6 is 11.6 Å². The number of hydrogen-bond donors (Lipinski definition) is 0. The summed E-state index contributed by atoms with van der Waals surface area (Å²) in [6.45, 7) is 0. The van der Waals surface area contributed by atoms with Crippen LogP contribution in [0, 0.1) is 5.39 Å². The Bertz CT molecular complexity index is 368. The minimum atomic E-state index is -4.52. The Morgan fingerprint density at radius 1 is 1.46 bits per heavy atom. The summed E-state index contributed by atoms with van der Waals surface area (Å²) in [4.78, 5) is 5.76. The van der Waals surface area contributed by atoms with Crippen molar-refractivity contribution in [3.63, 3.8) is 0 Å². The number of nitrogens with zero attached hydrogens (tertiary/aromatic N) is 3. The van der Waals surface area contributed by atoms with Gasteiger partial charge in [0, 0.05) is 6.20 Å². The Morgan fingerprint density at radius 2 is 2.08 bits per heavy atom. The van der Waals surface area contributed by atoms with Gasteiger partial charge in [0.2, 0.25) is 10.5 Å². The summed E-state index contributed by atoms with van der Waals surface area (Å²) in [5.74, 6) is 0. The number of hydrogen-bond acceptors (Lipinski definition) is 2. The quantitative estimate of drug-likeness (QED) is 0.485. The van der Waals surface area contributed by atoms with E-state index in [1.807, 2.05) is 0 Å². The lowest BCUT2D eigenvalue weighted by atomic mass is 10.2. The van der Waals surface area contributed by atoms with Crippen LogP contribution in [-0.4, -0.2) is 4.98 Å². The van der Waals surface area contributed by atoms with Gasteiger partial charge in [-0.3, -0.25) is 0 Å². The second-order valence-corrected chi connectivity index (χ2v) is 2.49. The van der Waals surface area contributed by atoms with E-state index in [0.717, 1.165) is 0 Å². The summed E-state index contributed by atoms with van der Waals surface area (Å²) in [6, 6.07) is 0.606. The van der Waals surface area contributed by atoms with Crippen molar-refractivity contribution in [1.82, 2.24) is 4.98 Å². The van der Waals surface area contributed by atoms with E-state index in [-0.39, 0.29) is 5.15 Å². The first-order chi connectivity index (χ1) is 5.95. The molecule has 0 aliphatic rings. The number of rotatable bonds is 0. The van der Waals surface area contributed by atoms with Crippen LogP contribution in [0.1, 0.15) is 5.56 Å². The maximum Gasteiger partial charge on any atom is 0.422 e. The van der Waals surface area contributed by atoms with Crippen molar-refractivity contribution in [2.24, 2.45) is 0 Å². The fourth-order valence-corrected chi connectivity index (χ4v) is 0.803. The van der Waals surface area contributed by atoms with E-state index in [2.05, 4.69) is 9.96 Å². The first-order valence-corrected chi connectivity index (χ1v) is 3.41. The van der Waals surface area contributed by atoms with Crippen LogP contribution in [0.15, 0.2) is 12.3 Å². The number of diazo groups is 1. The number of halogens is 4. The molecular weight excluding hydrogens is 207 g/mol. The molecule has 68 valence electrons. The van der Waals surface area contributed by atoms with Crippen LogP contribution in [0.2, 0.25) is 5.15 Å². The maximum absolute atomic E-state index is 12.0. The van der Waals surface area contributed by atoms with Gasteiger partial charge >= 0.3 is 11.9 Å². The van der Waals surface area contributed by atoms with Crippen LogP contribution in [0.5, 0.6) is 0 Å². The van der Waals surface area contributed by atoms with Gasteiger partial charge in [0.1, 0.15) is 0 Å². The Labute approximate surface area is 75.8 Å². The Morgan fingerprint density at radius 3 is 2.54 bits per heavy atom. The molecule has 0 bridgehead atoms. The van der Waals surface area contributed by atoms with Crippen LogP contribution in [0.3, 0.4) is 0 Å². The molecule has 7 heteroatoms. The number of alkyl halides is 3. The molecular formula is C6H2ClF3N3+. The van der Waals surface area contributed by atoms with E-state index in [4.69, 9.17) is 17.0 Å². The van der Waals surface area contributed by atoms with Crippen LogP contribution < -0.4 is 0 Å². The van der Waals surface area contributed by atoms with Gasteiger partial charge in [-0.25, -0.2) is 4.98 Å². The molecule has 3 nitrogen and oxygen atoms in total. The van der Waals surface area contributed by atoms with Crippen molar-refractivity contribution in [3.05, 3.63) is 28.0 Å². The number of aromatic nitrogens is 1. The molecule has 1 aromatic heterocycles.